The van der Waals surface area contributed by atoms with Crippen molar-refractivity contribution in [2.75, 3.05) is 24.7 Å². The van der Waals surface area contributed by atoms with Crippen LogP contribution in [0.2, 0.25) is 0 Å². The van der Waals surface area contributed by atoms with Crippen molar-refractivity contribution < 1.29 is 4.79 Å². The van der Waals surface area contributed by atoms with Gasteiger partial charge in [0.25, 0.3) is 0 Å². The van der Waals surface area contributed by atoms with E-state index >= 15 is 0 Å². The third-order valence-corrected chi connectivity index (χ3v) is 4.10. The molecule has 0 fully saturated rings. The van der Waals surface area contributed by atoms with Crippen LogP contribution in [0.1, 0.15) is 32.4 Å². The van der Waals surface area contributed by atoms with Gasteiger partial charge < -0.3 is 16.0 Å². The van der Waals surface area contributed by atoms with Gasteiger partial charge in [-0.2, -0.15) is 11.8 Å². The molecular formula is C15H25N3OS. The lowest BCUT2D eigenvalue weighted by molar-refractivity contribution is 0.252. The average molecular weight is 295 g/mol. The van der Waals surface area contributed by atoms with Crippen LogP contribution in [0, 0.1) is 0 Å². The highest BCUT2D eigenvalue weighted by Gasteiger charge is 2.06. The number of hydrogen-bond acceptors (Lipinski definition) is 3. The second-order valence-electron chi connectivity index (χ2n) is 4.78. The van der Waals surface area contributed by atoms with Crippen molar-refractivity contribution in [3.63, 3.8) is 0 Å². The average Bonchev–Trinajstić information content (AvgIpc) is 2.45. The number of thioether (sulfide) groups is 1. The molecule has 0 heterocycles. The highest BCUT2D eigenvalue weighted by molar-refractivity contribution is 7.99. The largest absolute Gasteiger partial charge is 0.337 e. The van der Waals surface area contributed by atoms with Gasteiger partial charge in [0.2, 0.25) is 0 Å². The van der Waals surface area contributed by atoms with Crippen LogP contribution in [0.3, 0.4) is 0 Å². The number of amides is 2. The van der Waals surface area contributed by atoms with Gasteiger partial charge in [0, 0.05) is 23.5 Å². The minimum Gasteiger partial charge on any atom is -0.337 e. The first-order valence-corrected chi connectivity index (χ1v) is 8.26. The standard InChI is InChI=1S/C15H25N3OS/c1-5-16-12(3)13-6-8-14(9-7-13)18-15(19)17-10-11(2)20-4/h6-9,11-12,16H,5,10H2,1-4H3,(H2,17,18,19). The second-order valence-corrected chi connectivity index (χ2v) is 6.06. The summed E-state index contributed by atoms with van der Waals surface area (Å²) in [6.07, 6.45) is 2.04. The molecule has 0 radical (unpaired) electrons. The normalized spacial score (nSPS) is 13.6. The lowest BCUT2D eigenvalue weighted by Gasteiger charge is -2.14. The maximum atomic E-state index is 11.7. The Morgan fingerprint density at radius 3 is 2.45 bits per heavy atom. The van der Waals surface area contributed by atoms with Gasteiger partial charge in [-0.25, -0.2) is 4.79 Å². The SMILES string of the molecule is CCNC(C)c1ccc(NC(=O)NCC(C)SC)cc1. The Hall–Kier alpha value is -1.20. The van der Waals surface area contributed by atoms with Crippen molar-refractivity contribution in [2.45, 2.75) is 32.1 Å². The van der Waals surface area contributed by atoms with Gasteiger partial charge in [0.15, 0.2) is 0 Å². The predicted octanol–water partition coefficient (Wildman–Crippen LogP) is 3.23. The second kappa shape index (κ2) is 8.87. The Morgan fingerprint density at radius 2 is 1.90 bits per heavy atom. The Morgan fingerprint density at radius 1 is 1.25 bits per heavy atom. The maximum Gasteiger partial charge on any atom is 0.319 e. The quantitative estimate of drug-likeness (QED) is 0.724. The van der Waals surface area contributed by atoms with Crippen LogP contribution >= 0.6 is 11.8 Å². The van der Waals surface area contributed by atoms with E-state index in [9.17, 15) is 4.79 Å². The van der Waals surface area contributed by atoms with E-state index in [2.05, 4.69) is 36.7 Å². The summed E-state index contributed by atoms with van der Waals surface area (Å²) in [5, 5.41) is 9.48. The third-order valence-electron chi connectivity index (χ3n) is 3.13. The molecule has 0 aromatic heterocycles. The molecule has 5 heteroatoms. The molecular weight excluding hydrogens is 270 g/mol. The number of nitrogens with one attached hydrogen (secondary N) is 3. The van der Waals surface area contributed by atoms with Crippen LogP contribution in [0.15, 0.2) is 24.3 Å². The molecule has 2 unspecified atom stereocenters. The molecule has 20 heavy (non-hydrogen) atoms. The summed E-state index contributed by atoms with van der Waals surface area (Å²) in [5.41, 5.74) is 2.03. The van der Waals surface area contributed by atoms with Crippen molar-refractivity contribution in [3.8, 4) is 0 Å². The van der Waals surface area contributed by atoms with Crippen molar-refractivity contribution >= 4 is 23.5 Å². The molecule has 1 rings (SSSR count). The number of rotatable bonds is 7. The van der Waals surface area contributed by atoms with E-state index in [4.69, 9.17) is 0 Å². The molecule has 3 N–H and O–H groups in total. The summed E-state index contributed by atoms with van der Waals surface area (Å²) < 4.78 is 0. The molecule has 1 aromatic carbocycles. The van der Waals surface area contributed by atoms with E-state index in [0.29, 0.717) is 17.8 Å². The highest BCUT2D eigenvalue weighted by atomic mass is 32.2. The number of urea groups is 1. The Balaban J connectivity index is 2.46. The Labute approximate surface area is 126 Å². The summed E-state index contributed by atoms with van der Waals surface area (Å²) in [7, 11) is 0. The lowest BCUT2D eigenvalue weighted by Crippen LogP contribution is -2.33. The first-order chi connectivity index (χ1) is 9.56. The number of carbonyl (C=O) groups excluding carboxylic acids is 1. The highest BCUT2D eigenvalue weighted by Crippen LogP contribution is 2.15. The molecule has 112 valence electrons. The summed E-state index contributed by atoms with van der Waals surface area (Å²) in [6, 6.07) is 8.10. The monoisotopic (exact) mass is 295 g/mol. The zero-order chi connectivity index (χ0) is 15.0. The third kappa shape index (κ3) is 5.84. The molecule has 0 saturated carbocycles. The minimum atomic E-state index is -0.154. The van der Waals surface area contributed by atoms with Gasteiger partial charge in [0.05, 0.1) is 0 Å². The molecule has 0 spiro atoms. The molecule has 4 nitrogen and oxygen atoms in total. The Bertz CT molecular complexity index is 408. The number of anilines is 1. The summed E-state index contributed by atoms with van der Waals surface area (Å²) in [5.74, 6) is 0. The molecule has 0 aliphatic carbocycles. The molecule has 0 aliphatic rings. The van der Waals surface area contributed by atoms with Crippen LogP contribution in [-0.4, -0.2) is 30.6 Å². The van der Waals surface area contributed by atoms with E-state index in [1.54, 1.807) is 11.8 Å². The number of carbonyl (C=O) groups is 1. The lowest BCUT2D eigenvalue weighted by atomic mass is 10.1. The van der Waals surface area contributed by atoms with Crippen LogP contribution < -0.4 is 16.0 Å². The van der Waals surface area contributed by atoms with E-state index in [1.165, 1.54) is 5.56 Å². The van der Waals surface area contributed by atoms with Crippen LogP contribution in [0.5, 0.6) is 0 Å². The Kier molecular flexibility index (Phi) is 7.47. The summed E-state index contributed by atoms with van der Waals surface area (Å²) in [6.45, 7) is 7.91. The number of hydrogen-bond donors (Lipinski definition) is 3. The van der Waals surface area contributed by atoms with Crippen LogP contribution in [0.25, 0.3) is 0 Å². The van der Waals surface area contributed by atoms with Gasteiger partial charge in [-0.05, 0) is 37.4 Å². The first kappa shape index (κ1) is 16.9. The van der Waals surface area contributed by atoms with Gasteiger partial charge in [-0.1, -0.05) is 26.0 Å². The van der Waals surface area contributed by atoms with E-state index < -0.39 is 0 Å². The van der Waals surface area contributed by atoms with Crippen molar-refractivity contribution in [1.82, 2.24) is 10.6 Å². The first-order valence-electron chi connectivity index (χ1n) is 6.97. The van der Waals surface area contributed by atoms with E-state index in [0.717, 1.165) is 12.2 Å². The zero-order valence-corrected chi connectivity index (χ0v) is 13.5. The molecule has 0 aliphatic heterocycles. The van der Waals surface area contributed by atoms with Gasteiger partial charge >= 0.3 is 6.03 Å². The molecule has 0 bridgehead atoms. The van der Waals surface area contributed by atoms with Crippen molar-refractivity contribution in [1.29, 1.82) is 0 Å². The zero-order valence-electron chi connectivity index (χ0n) is 12.7. The fraction of sp³-hybridized carbons (Fsp3) is 0.533. The van der Waals surface area contributed by atoms with Crippen molar-refractivity contribution in [3.05, 3.63) is 29.8 Å². The topological polar surface area (TPSA) is 53.2 Å². The van der Waals surface area contributed by atoms with Gasteiger partial charge in [-0.15, -0.1) is 0 Å². The van der Waals surface area contributed by atoms with Crippen molar-refractivity contribution in [2.24, 2.45) is 0 Å². The molecule has 2 atom stereocenters. The van der Waals surface area contributed by atoms with Gasteiger partial charge in [0.1, 0.15) is 0 Å². The summed E-state index contributed by atoms with van der Waals surface area (Å²) in [4.78, 5) is 11.7. The smallest absolute Gasteiger partial charge is 0.319 e. The van der Waals surface area contributed by atoms with Crippen LogP contribution in [0.4, 0.5) is 10.5 Å². The number of benzene rings is 1. The molecule has 0 saturated heterocycles. The van der Waals surface area contributed by atoms with Gasteiger partial charge in [-0.3, -0.25) is 0 Å². The van der Waals surface area contributed by atoms with Crippen LogP contribution in [-0.2, 0) is 0 Å². The van der Waals surface area contributed by atoms with E-state index in [-0.39, 0.29) is 6.03 Å². The minimum absolute atomic E-state index is 0.154. The predicted molar refractivity (Wildman–Crippen MR) is 88.5 cm³/mol. The molecule has 1 aromatic rings. The van der Waals surface area contributed by atoms with E-state index in [1.807, 2.05) is 30.5 Å². The summed E-state index contributed by atoms with van der Waals surface area (Å²) >= 11 is 1.73. The fourth-order valence-electron chi connectivity index (χ4n) is 1.77. The molecule has 2 amide bonds. The fourth-order valence-corrected chi connectivity index (χ4v) is 2.02. The maximum absolute atomic E-state index is 11.7.